The highest BCUT2D eigenvalue weighted by molar-refractivity contribution is 6.30. The topological polar surface area (TPSA) is 64.2 Å². The number of nitriles is 1. The lowest BCUT2D eigenvalue weighted by Gasteiger charge is -2.02. The van der Waals surface area contributed by atoms with E-state index in [4.69, 9.17) is 11.6 Å². The summed E-state index contributed by atoms with van der Waals surface area (Å²) >= 11 is 5.79. The van der Waals surface area contributed by atoms with Crippen molar-refractivity contribution in [1.82, 2.24) is 0 Å². The van der Waals surface area contributed by atoms with E-state index in [1.54, 1.807) is 36.4 Å². The fourth-order valence-electron chi connectivity index (χ4n) is 1.61. The van der Waals surface area contributed by atoms with E-state index in [0.717, 1.165) is 5.56 Å². The Morgan fingerprint density at radius 1 is 1.05 bits per heavy atom. The maximum absolute atomic E-state index is 9.41. The molecular weight excluding hydrogens is 262 g/mol. The van der Waals surface area contributed by atoms with Crippen molar-refractivity contribution in [3.63, 3.8) is 0 Å². The number of phenols is 2. The van der Waals surface area contributed by atoms with Crippen molar-refractivity contribution in [1.29, 1.82) is 5.26 Å². The van der Waals surface area contributed by atoms with E-state index >= 15 is 0 Å². The highest BCUT2D eigenvalue weighted by Gasteiger charge is 2.03. The van der Waals surface area contributed by atoms with Crippen molar-refractivity contribution in [2.45, 2.75) is 0 Å². The second kappa shape index (κ2) is 5.47. The Kier molecular flexibility index (Phi) is 3.74. The minimum absolute atomic E-state index is 0.192. The van der Waals surface area contributed by atoms with Crippen molar-refractivity contribution in [2.75, 3.05) is 0 Å². The van der Waals surface area contributed by atoms with Gasteiger partial charge in [-0.1, -0.05) is 29.8 Å². The number of aromatic hydroxyl groups is 2. The van der Waals surface area contributed by atoms with Gasteiger partial charge in [0, 0.05) is 5.02 Å². The quantitative estimate of drug-likeness (QED) is 0.496. The molecule has 0 atom stereocenters. The van der Waals surface area contributed by atoms with Crippen LogP contribution in [-0.4, -0.2) is 10.2 Å². The number of hydrogen-bond donors (Lipinski definition) is 2. The summed E-state index contributed by atoms with van der Waals surface area (Å²) in [5.41, 5.74) is 1.81. The summed E-state index contributed by atoms with van der Waals surface area (Å²) < 4.78 is 0. The van der Waals surface area contributed by atoms with Gasteiger partial charge in [-0.05, 0) is 41.5 Å². The first-order valence-corrected chi connectivity index (χ1v) is 5.87. The summed E-state index contributed by atoms with van der Waals surface area (Å²) in [4.78, 5) is 0. The van der Waals surface area contributed by atoms with E-state index in [1.807, 2.05) is 0 Å². The van der Waals surface area contributed by atoms with Crippen LogP contribution in [0.25, 0.3) is 11.6 Å². The van der Waals surface area contributed by atoms with Gasteiger partial charge in [-0.3, -0.25) is 0 Å². The van der Waals surface area contributed by atoms with Crippen LogP contribution in [0.4, 0.5) is 0 Å². The molecule has 0 saturated carbocycles. The third-order valence-electron chi connectivity index (χ3n) is 2.59. The molecule has 0 saturated heterocycles. The van der Waals surface area contributed by atoms with Gasteiger partial charge in [0.25, 0.3) is 0 Å². The molecule has 0 aromatic heterocycles. The number of phenolic OH excluding ortho intramolecular Hbond substituents is 2. The number of halogens is 1. The van der Waals surface area contributed by atoms with Crippen LogP contribution >= 0.6 is 11.6 Å². The van der Waals surface area contributed by atoms with Crippen LogP contribution in [0.2, 0.25) is 5.02 Å². The van der Waals surface area contributed by atoms with E-state index in [-0.39, 0.29) is 11.5 Å². The molecule has 0 heterocycles. The largest absolute Gasteiger partial charge is 0.504 e. The summed E-state index contributed by atoms with van der Waals surface area (Å²) in [7, 11) is 0. The average molecular weight is 272 g/mol. The van der Waals surface area contributed by atoms with E-state index in [0.29, 0.717) is 16.2 Å². The minimum Gasteiger partial charge on any atom is -0.504 e. The van der Waals surface area contributed by atoms with Crippen LogP contribution in [0, 0.1) is 11.3 Å². The predicted octanol–water partition coefficient (Wildman–Crippen LogP) is 3.82. The van der Waals surface area contributed by atoms with Crippen LogP contribution in [0.3, 0.4) is 0 Å². The maximum atomic E-state index is 9.41. The minimum atomic E-state index is -0.220. The van der Waals surface area contributed by atoms with Gasteiger partial charge < -0.3 is 10.2 Å². The van der Waals surface area contributed by atoms with Gasteiger partial charge in [-0.15, -0.1) is 0 Å². The summed E-state index contributed by atoms with van der Waals surface area (Å²) in [6, 6.07) is 13.4. The van der Waals surface area contributed by atoms with Gasteiger partial charge >= 0.3 is 0 Å². The fourth-order valence-corrected chi connectivity index (χ4v) is 1.73. The van der Waals surface area contributed by atoms with Crippen LogP contribution in [0.15, 0.2) is 42.5 Å². The highest BCUT2D eigenvalue weighted by Crippen LogP contribution is 2.27. The number of benzene rings is 2. The normalized spacial score (nSPS) is 11.1. The number of allylic oxidation sites excluding steroid dienone is 1. The van der Waals surface area contributed by atoms with Crippen molar-refractivity contribution >= 4 is 23.3 Å². The summed E-state index contributed by atoms with van der Waals surface area (Å²) in [5.74, 6) is -0.413. The third kappa shape index (κ3) is 3.06. The zero-order valence-electron chi connectivity index (χ0n) is 9.84. The number of rotatable bonds is 2. The fraction of sp³-hybridized carbons (Fsp3) is 0. The molecule has 0 fully saturated rings. The smallest absolute Gasteiger partial charge is 0.157 e. The Morgan fingerprint density at radius 2 is 1.74 bits per heavy atom. The number of nitrogens with zero attached hydrogens (tertiary/aromatic N) is 1. The molecule has 2 rings (SSSR count). The molecule has 3 nitrogen and oxygen atoms in total. The van der Waals surface area contributed by atoms with Gasteiger partial charge in [0.2, 0.25) is 0 Å². The molecule has 4 heteroatoms. The first-order valence-electron chi connectivity index (χ1n) is 5.50. The lowest BCUT2D eigenvalue weighted by atomic mass is 10.0. The van der Waals surface area contributed by atoms with Crippen LogP contribution < -0.4 is 0 Å². The first kappa shape index (κ1) is 13.0. The molecule has 0 bridgehead atoms. The average Bonchev–Trinajstić information content (AvgIpc) is 2.41. The Balaban J connectivity index is 2.41. The second-order valence-corrected chi connectivity index (χ2v) is 4.36. The molecular formula is C15H10ClNO2. The van der Waals surface area contributed by atoms with Crippen LogP contribution in [0.1, 0.15) is 11.1 Å². The maximum Gasteiger partial charge on any atom is 0.157 e. The summed E-state index contributed by atoms with van der Waals surface area (Å²) in [6.07, 6.45) is 1.63. The van der Waals surface area contributed by atoms with Crippen molar-refractivity contribution < 1.29 is 10.2 Å². The zero-order chi connectivity index (χ0) is 13.8. The van der Waals surface area contributed by atoms with Gasteiger partial charge in [0.15, 0.2) is 11.5 Å². The molecule has 2 aromatic rings. The van der Waals surface area contributed by atoms with Crippen molar-refractivity contribution in [3.05, 3.63) is 58.6 Å². The van der Waals surface area contributed by atoms with Crippen LogP contribution in [-0.2, 0) is 0 Å². The Hall–Kier alpha value is -2.44. The molecule has 0 spiro atoms. The first-order chi connectivity index (χ1) is 9.10. The van der Waals surface area contributed by atoms with E-state index in [1.165, 1.54) is 12.1 Å². The summed E-state index contributed by atoms with van der Waals surface area (Å²) in [6.45, 7) is 0. The zero-order valence-corrected chi connectivity index (χ0v) is 10.6. The van der Waals surface area contributed by atoms with Gasteiger partial charge in [0.1, 0.15) is 0 Å². The van der Waals surface area contributed by atoms with Gasteiger partial charge in [-0.25, -0.2) is 0 Å². The standard InChI is InChI=1S/C15H10ClNO2/c16-13-4-2-11(3-5-13)12(9-17)7-10-1-6-14(18)15(19)8-10/h1-8,18-19H/b12-7+. The molecule has 94 valence electrons. The molecule has 19 heavy (non-hydrogen) atoms. The molecule has 2 aromatic carbocycles. The molecule has 0 aliphatic heterocycles. The van der Waals surface area contributed by atoms with E-state index in [9.17, 15) is 15.5 Å². The monoisotopic (exact) mass is 271 g/mol. The lowest BCUT2D eigenvalue weighted by molar-refractivity contribution is 0.403. The second-order valence-electron chi connectivity index (χ2n) is 3.92. The van der Waals surface area contributed by atoms with Gasteiger partial charge in [-0.2, -0.15) is 5.26 Å². The SMILES string of the molecule is N#C/C(=C\c1ccc(O)c(O)c1)c1ccc(Cl)cc1. The van der Waals surface area contributed by atoms with E-state index < -0.39 is 0 Å². The van der Waals surface area contributed by atoms with Crippen molar-refractivity contribution in [3.8, 4) is 17.6 Å². The van der Waals surface area contributed by atoms with Crippen molar-refractivity contribution in [2.24, 2.45) is 0 Å². The predicted molar refractivity (Wildman–Crippen MR) is 74.7 cm³/mol. The van der Waals surface area contributed by atoms with E-state index in [2.05, 4.69) is 6.07 Å². The molecule has 2 N–H and O–H groups in total. The number of hydrogen-bond acceptors (Lipinski definition) is 3. The molecule has 0 unspecified atom stereocenters. The Labute approximate surface area is 115 Å². The summed E-state index contributed by atoms with van der Waals surface area (Å²) in [5, 5.41) is 28.4. The lowest BCUT2D eigenvalue weighted by Crippen LogP contribution is -1.82. The Morgan fingerprint density at radius 3 is 2.32 bits per heavy atom. The third-order valence-corrected chi connectivity index (χ3v) is 2.84. The molecule has 0 aliphatic carbocycles. The molecule has 0 amide bonds. The highest BCUT2D eigenvalue weighted by atomic mass is 35.5. The molecule has 0 radical (unpaired) electrons. The van der Waals surface area contributed by atoms with Crippen LogP contribution in [0.5, 0.6) is 11.5 Å². The Bertz CT molecular complexity index is 670. The molecule has 0 aliphatic rings. The van der Waals surface area contributed by atoms with Gasteiger partial charge in [0.05, 0.1) is 11.6 Å².